The second-order valence-electron chi connectivity index (χ2n) is 4.68. The standard InChI is InChI=1S/C14H19N3S/c1-9(15)14-13(16-10(2)18-14)11-6-5-7-12(8-11)17(3)4/h5-9H,15H2,1-4H3. The number of anilines is 1. The number of hydrogen-bond donors (Lipinski definition) is 1. The van der Waals surface area contributed by atoms with E-state index in [4.69, 9.17) is 5.73 Å². The average molecular weight is 261 g/mol. The lowest BCUT2D eigenvalue weighted by Crippen LogP contribution is -2.08. The zero-order valence-corrected chi connectivity index (χ0v) is 12.1. The molecule has 0 spiro atoms. The zero-order chi connectivity index (χ0) is 13.3. The molecule has 0 aliphatic carbocycles. The third kappa shape index (κ3) is 2.54. The fourth-order valence-corrected chi connectivity index (χ4v) is 2.79. The van der Waals surface area contributed by atoms with Crippen LogP contribution >= 0.6 is 11.3 Å². The van der Waals surface area contributed by atoms with Gasteiger partial charge in [0.15, 0.2) is 0 Å². The van der Waals surface area contributed by atoms with E-state index in [2.05, 4.69) is 34.1 Å². The number of benzene rings is 1. The lowest BCUT2D eigenvalue weighted by atomic mass is 10.1. The summed E-state index contributed by atoms with van der Waals surface area (Å²) in [5.74, 6) is 0. The van der Waals surface area contributed by atoms with E-state index in [0.29, 0.717) is 0 Å². The maximum atomic E-state index is 6.02. The Morgan fingerprint density at radius 2 is 2.06 bits per heavy atom. The second-order valence-corrected chi connectivity index (χ2v) is 5.91. The van der Waals surface area contributed by atoms with Gasteiger partial charge in [0.05, 0.1) is 10.7 Å². The first-order valence-corrected chi connectivity index (χ1v) is 6.81. The number of hydrogen-bond acceptors (Lipinski definition) is 4. The summed E-state index contributed by atoms with van der Waals surface area (Å²) in [5.41, 5.74) is 9.36. The summed E-state index contributed by atoms with van der Waals surface area (Å²) in [6.07, 6.45) is 0. The Morgan fingerprint density at radius 3 is 2.67 bits per heavy atom. The normalized spacial score (nSPS) is 12.5. The van der Waals surface area contributed by atoms with Crippen LogP contribution < -0.4 is 10.6 Å². The third-order valence-corrected chi connectivity index (χ3v) is 3.98. The molecule has 2 N–H and O–H groups in total. The first-order valence-electron chi connectivity index (χ1n) is 5.99. The molecule has 0 fully saturated rings. The molecule has 0 saturated carbocycles. The van der Waals surface area contributed by atoms with Gasteiger partial charge in [0.1, 0.15) is 0 Å². The summed E-state index contributed by atoms with van der Waals surface area (Å²) in [4.78, 5) is 7.87. The smallest absolute Gasteiger partial charge is 0.0905 e. The highest BCUT2D eigenvalue weighted by atomic mass is 32.1. The van der Waals surface area contributed by atoms with Gasteiger partial charge in [-0.1, -0.05) is 12.1 Å². The van der Waals surface area contributed by atoms with E-state index < -0.39 is 0 Å². The maximum absolute atomic E-state index is 6.02. The molecule has 0 radical (unpaired) electrons. The van der Waals surface area contributed by atoms with Crippen molar-refractivity contribution in [1.29, 1.82) is 0 Å². The highest BCUT2D eigenvalue weighted by Gasteiger charge is 2.14. The Labute approximate surface area is 112 Å². The summed E-state index contributed by atoms with van der Waals surface area (Å²) in [5, 5.41) is 1.06. The summed E-state index contributed by atoms with van der Waals surface area (Å²) >= 11 is 1.68. The van der Waals surface area contributed by atoms with Crippen molar-refractivity contribution in [2.45, 2.75) is 19.9 Å². The van der Waals surface area contributed by atoms with Crippen LogP contribution in [0, 0.1) is 6.92 Å². The van der Waals surface area contributed by atoms with E-state index in [1.165, 1.54) is 5.69 Å². The third-order valence-electron chi connectivity index (χ3n) is 2.81. The van der Waals surface area contributed by atoms with Gasteiger partial charge in [-0.15, -0.1) is 11.3 Å². The average Bonchev–Trinajstić information content (AvgIpc) is 2.72. The van der Waals surface area contributed by atoms with Crippen LogP contribution in [0.1, 0.15) is 22.9 Å². The molecule has 2 aromatic rings. The fraction of sp³-hybridized carbons (Fsp3) is 0.357. The molecule has 1 aromatic heterocycles. The Kier molecular flexibility index (Phi) is 3.68. The summed E-state index contributed by atoms with van der Waals surface area (Å²) in [7, 11) is 4.08. The molecule has 1 atom stereocenters. The van der Waals surface area contributed by atoms with E-state index in [1.807, 2.05) is 27.9 Å². The van der Waals surface area contributed by atoms with Crippen molar-refractivity contribution in [2.24, 2.45) is 5.73 Å². The van der Waals surface area contributed by atoms with E-state index in [9.17, 15) is 0 Å². The van der Waals surface area contributed by atoms with Crippen LogP contribution in [0.3, 0.4) is 0 Å². The first-order chi connectivity index (χ1) is 8.49. The number of nitrogens with two attached hydrogens (primary N) is 1. The molecule has 2 rings (SSSR count). The monoisotopic (exact) mass is 261 g/mol. The molecule has 0 saturated heterocycles. The first kappa shape index (κ1) is 13.1. The predicted octanol–water partition coefficient (Wildman–Crippen LogP) is 3.20. The molecule has 0 bridgehead atoms. The van der Waals surface area contributed by atoms with E-state index in [-0.39, 0.29) is 6.04 Å². The molecule has 0 amide bonds. The largest absolute Gasteiger partial charge is 0.378 e. The van der Waals surface area contributed by atoms with Crippen molar-refractivity contribution < 1.29 is 0 Å². The van der Waals surface area contributed by atoms with Crippen molar-refractivity contribution in [3.63, 3.8) is 0 Å². The Bertz CT molecular complexity index is 544. The van der Waals surface area contributed by atoms with Gasteiger partial charge in [0.2, 0.25) is 0 Å². The lowest BCUT2D eigenvalue weighted by molar-refractivity contribution is 0.837. The van der Waals surface area contributed by atoms with Crippen LogP contribution in [0.2, 0.25) is 0 Å². The second kappa shape index (κ2) is 5.08. The fourth-order valence-electron chi connectivity index (χ4n) is 1.89. The van der Waals surface area contributed by atoms with Crippen LogP contribution in [-0.2, 0) is 0 Å². The van der Waals surface area contributed by atoms with Crippen molar-refractivity contribution in [3.8, 4) is 11.3 Å². The number of aromatic nitrogens is 1. The predicted molar refractivity (Wildman–Crippen MR) is 79.2 cm³/mol. The summed E-state index contributed by atoms with van der Waals surface area (Å²) in [6.45, 7) is 4.03. The van der Waals surface area contributed by atoms with Gasteiger partial charge in [-0.25, -0.2) is 4.98 Å². The minimum atomic E-state index is 0.0224. The molecule has 4 heteroatoms. The van der Waals surface area contributed by atoms with Gasteiger partial charge in [-0.05, 0) is 26.0 Å². The zero-order valence-electron chi connectivity index (χ0n) is 11.3. The number of aryl methyl sites for hydroxylation is 1. The van der Waals surface area contributed by atoms with Crippen LogP contribution in [0.5, 0.6) is 0 Å². The SMILES string of the molecule is Cc1nc(-c2cccc(N(C)C)c2)c(C(C)N)s1. The van der Waals surface area contributed by atoms with Crippen molar-refractivity contribution >= 4 is 17.0 Å². The number of nitrogens with zero attached hydrogens (tertiary/aromatic N) is 2. The van der Waals surface area contributed by atoms with E-state index in [1.54, 1.807) is 11.3 Å². The van der Waals surface area contributed by atoms with Crippen LogP contribution in [0.4, 0.5) is 5.69 Å². The van der Waals surface area contributed by atoms with Crippen molar-refractivity contribution in [1.82, 2.24) is 4.98 Å². The van der Waals surface area contributed by atoms with Crippen LogP contribution in [0.25, 0.3) is 11.3 Å². The number of thiazole rings is 1. The van der Waals surface area contributed by atoms with Crippen LogP contribution in [0.15, 0.2) is 24.3 Å². The quantitative estimate of drug-likeness (QED) is 0.922. The Balaban J connectivity index is 2.51. The summed E-state index contributed by atoms with van der Waals surface area (Å²) in [6, 6.07) is 8.42. The van der Waals surface area contributed by atoms with Crippen LogP contribution in [-0.4, -0.2) is 19.1 Å². The van der Waals surface area contributed by atoms with E-state index >= 15 is 0 Å². The Hall–Kier alpha value is -1.39. The molecule has 1 heterocycles. The highest BCUT2D eigenvalue weighted by Crippen LogP contribution is 2.33. The molecule has 0 aliphatic rings. The van der Waals surface area contributed by atoms with Gasteiger partial charge < -0.3 is 10.6 Å². The minimum absolute atomic E-state index is 0.0224. The minimum Gasteiger partial charge on any atom is -0.378 e. The van der Waals surface area contributed by atoms with Crippen molar-refractivity contribution in [2.75, 3.05) is 19.0 Å². The molecular weight excluding hydrogens is 242 g/mol. The van der Waals surface area contributed by atoms with Gasteiger partial charge in [-0.3, -0.25) is 0 Å². The topological polar surface area (TPSA) is 42.2 Å². The van der Waals surface area contributed by atoms with Gasteiger partial charge >= 0.3 is 0 Å². The molecule has 96 valence electrons. The summed E-state index contributed by atoms with van der Waals surface area (Å²) < 4.78 is 0. The van der Waals surface area contributed by atoms with Gasteiger partial charge in [0, 0.05) is 36.3 Å². The van der Waals surface area contributed by atoms with Gasteiger partial charge in [0.25, 0.3) is 0 Å². The van der Waals surface area contributed by atoms with E-state index in [0.717, 1.165) is 21.1 Å². The Morgan fingerprint density at radius 1 is 1.33 bits per heavy atom. The molecule has 1 aromatic carbocycles. The lowest BCUT2D eigenvalue weighted by Gasteiger charge is -2.13. The molecular formula is C14H19N3S. The maximum Gasteiger partial charge on any atom is 0.0905 e. The van der Waals surface area contributed by atoms with Crippen molar-refractivity contribution in [3.05, 3.63) is 34.2 Å². The molecule has 3 nitrogen and oxygen atoms in total. The number of rotatable bonds is 3. The van der Waals surface area contributed by atoms with Gasteiger partial charge in [-0.2, -0.15) is 0 Å². The molecule has 0 aliphatic heterocycles. The molecule has 1 unspecified atom stereocenters. The molecule has 18 heavy (non-hydrogen) atoms. The highest BCUT2D eigenvalue weighted by molar-refractivity contribution is 7.12.